The molecule has 10 heteroatoms. The van der Waals surface area contributed by atoms with E-state index in [1.165, 1.54) is 31.5 Å². The van der Waals surface area contributed by atoms with Crippen molar-refractivity contribution < 1.29 is 28.7 Å². The van der Waals surface area contributed by atoms with Gasteiger partial charge in [-0.05, 0) is 66.0 Å². The maximum Gasteiger partial charge on any atom is 0.274 e. The van der Waals surface area contributed by atoms with Gasteiger partial charge in [0.1, 0.15) is 5.75 Å². The molecule has 9 nitrogen and oxygen atoms in total. The van der Waals surface area contributed by atoms with E-state index in [2.05, 4.69) is 64.3 Å². The van der Waals surface area contributed by atoms with Crippen molar-refractivity contribution in [1.29, 1.82) is 0 Å². The number of ether oxygens (including phenoxy) is 1. The Bertz CT molecular complexity index is 1770. The lowest BCUT2D eigenvalue weighted by Gasteiger charge is -2.37. The van der Waals surface area contributed by atoms with Crippen LogP contribution in [0, 0.1) is 5.41 Å². The second kappa shape index (κ2) is 15.4. The first-order valence-corrected chi connectivity index (χ1v) is 17.9. The molecular formula is C41H50ClN3O6. The maximum absolute atomic E-state index is 14.3. The molecule has 1 heterocycles. The number of hydrogen-bond acceptors (Lipinski definition) is 6. The lowest BCUT2D eigenvalue weighted by atomic mass is 9.76. The van der Waals surface area contributed by atoms with Crippen molar-refractivity contribution in [2.45, 2.75) is 96.9 Å². The van der Waals surface area contributed by atoms with Crippen molar-refractivity contribution in [2.75, 3.05) is 18.5 Å². The highest BCUT2D eigenvalue weighted by molar-refractivity contribution is 6.51. The van der Waals surface area contributed by atoms with Crippen molar-refractivity contribution in [3.63, 3.8) is 0 Å². The Morgan fingerprint density at radius 1 is 0.784 bits per heavy atom. The first-order chi connectivity index (χ1) is 23.9. The van der Waals surface area contributed by atoms with Gasteiger partial charge in [-0.1, -0.05) is 109 Å². The third-order valence-electron chi connectivity index (χ3n) is 10.1. The van der Waals surface area contributed by atoms with Crippen molar-refractivity contribution in [3.05, 3.63) is 95.1 Å². The van der Waals surface area contributed by atoms with E-state index in [1.807, 2.05) is 6.07 Å². The highest BCUT2D eigenvalue weighted by atomic mass is 35.5. The number of nitrogens with one attached hydrogen (secondary N) is 2. The zero-order valence-electron chi connectivity index (χ0n) is 30.9. The van der Waals surface area contributed by atoms with Crippen molar-refractivity contribution in [3.8, 4) is 5.75 Å². The second-order valence-corrected chi connectivity index (χ2v) is 15.6. The largest absolute Gasteiger partial charge is 0.493 e. The van der Waals surface area contributed by atoms with Crippen LogP contribution in [0.1, 0.15) is 113 Å². The normalized spacial score (nSPS) is 14.5. The second-order valence-electron chi connectivity index (χ2n) is 15.1. The summed E-state index contributed by atoms with van der Waals surface area (Å²) >= 11 is 6.93. The average molecular weight is 716 g/mol. The fraction of sp³-hybridized carbons (Fsp3) is 0.439. The standard InChI is InChI=1S/C41H50ClN3O6/c1-9-38(3,4)27-22-23-32(31(25-27)39(5,6)10-2)51-24-16-21-33(46)43-26-40(7,8)36(49)41(42,37(50)44-28-17-12-11-13-18-28)45-34(47)29-19-14-15-20-30(29)35(45)48/h11-15,17-20,22-23,25H,9-10,16,21,24,26H2,1-8H3,(H,43,46)(H,44,50). The monoisotopic (exact) mass is 715 g/mol. The summed E-state index contributed by atoms with van der Waals surface area (Å²) in [4.78, 5) is 66.0. The molecule has 3 aromatic carbocycles. The molecule has 272 valence electrons. The van der Waals surface area contributed by atoms with Crippen molar-refractivity contribution in [1.82, 2.24) is 10.2 Å². The first-order valence-electron chi connectivity index (χ1n) is 17.5. The summed E-state index contributed by atoms with van der Waals surface area (Å²) in [6.07, 6.45) is 2.48. The Morgan fingerprint density at radius 3 is 1.92 bits per heavy atom. The topological polar surface area (TPSA) is 122 Å². The molecule has 2 N–H and O–H groups in total. The minimum Gasteiger partial charge on any atom is -0.493 e. The molecule has 1 unspecified atom stereocenters. The van der Waals surface area contributed by atoms with Crippen LogP contribution in [0.2, 0.25) is 0 Å². The van der Waals surface area contributed by atoms with Crippen LogP contribution in [0.15, 0.2) is 72.8 Å². The molecule has 0 spiro atoms. The van der Waals surface area contributed by atoms with Gasteiger partial charge >= 0.3 is 0 Å². The summed E-state index contributed by atoms with van der Waals surface area (Å²) in [7, 11) is 0. The van der Waals surface area contributed by atoms with Gasteiger partial charge < -0.3 is 15.4 Å². The van der Waals surface area contributed by atoms with E-state index < -0.39 is 33.9 Å². The highest BCUT2D eigenvalue weighted by Gasteiger charge is 2.60. The number of Topliss-reactive ketones (excluding diaryl/α,β-unsaturated/α-hetero) is 1. The molecule has 1 atom stereocenters. The van der Waals surface area contributed by atoms with Gasteiger partial charge in [-0.3, -0.25) is 24.0 Å². The molecule has 0 radical (unpaired) electrons. The van der Waals surface area contributed by atoms with Gasteiger partial charge in [-0.15, -0.1) is 0 Å². The molecule has 51 heavy (non-hydrogen) atoms. The molecule has 4 amide bonds. The summed E-state index contributed by atoms with van der Waals surface area (Å²) in [5, 5.41) is 5.36. The van der Waals surface area contributed by atoms with Crippen LogP contribution in [-0.4, -0.2) is 52.5 Å². The van der Waals surface area contributed by atoms with Gasteiger partial charge in [0.15, 0.2) is 5.78 Å². The number of anilines is 1. The minimum atomic E-state index is -2.75. The van der Waals surface area contributed by atoms with Crippen LogP contribution in [0.3, 0.4) is 0 Å². The molecule has 0 aromatic heterocycles. The molecule has 0 saturated heterocycles. The number of fused-ring (bicyclic) bond motifs is 1. The number of carbonyl (C=O) groups is 5. The number of halogens is 1. The predicted molar refractivity (Wildman–Crippen MR) is 200 cm³/mol. The fourth-order valence-electron chi connectivity index (χ4n) is 5.86. The summed E-state index contributed by atoms with van der Waals surface area (Å²) in [5.74, 6) is -3.26. The lowest BCUT2D eigenvalue weighted by molar-refractivity contribution is -0.139. The van der Waals surface area contributed by atoms with Gasteiger partial charge in [-0.25, -0.2) is 4.90 Å². The molecule has 0 bridgehead atoms. The Balaban J connectivity index is 1.45. The Kier molecular flexibility index (Phi) is 11.9. The molecule has 3 aromatic rings. The predicted octanol–water partition coefficient (Wildman–Crippen LogP) is 7.80. The average Bonchev–Trinajstić information content (AvgIpc) is 3.38. The number of ketones is 1. The third-order valence-corrected chi connectivity index (χ3v) is 10.7. The minimum absolute atomic E-state index is 0.0314. The summed E-state index contributed by atoms with van der Waals surface area (Å²) in [6, 6.07) is 20.7. The summed E-state index contributed by atoms with van der Waals surface area (Å²) in [6.45, 7) is 16.3. The number of alkyl halides is 1. The van der Waals surface area contributed by atoms with Crippen LogP contribution in [0.5, 0.6) is 5.75 Å². The first kappa shape index (κ1) is 39.3. The molecule has 1 aliphatic rings. The molecule has 0 aliphatic carbocycles. The zero-order chi connectivity index (χ0) is 37.8. The Hall–Kier alpha value is -4.50. The van der Waals surface area contributed by atoms with E-state index in [1.54, 1.807) is 42.5 Å². The molecule has 0 saturated carbocycles. The third kappa shape index (κ3) is 8.19. The van der Waals surface area contributed by atoms with E-state index >= 15 is 0 Å². The van der Waals surface area contributed by atoms with Crippen LogP contribution < -0.4 is 15.4 Å². The number of para-hydroxylation sites is 1. The van der Waals surface area contributed by atoms with Crippen molar-refractivity contribution in [2.24, 2.45) is 5.41 Å². The molecule has 0 fully saturated rings. The number of hydrogen-bond donors (Lipinski definition) is 2. The van der Waals surface area contributed by atoms with Crippen molar-refractivity contribution >= 4 is 46.7 Å². The van der Waals surface area contributed by atoms with E-state index in [0.717, 1.165) is 24.2 Å². The quantitative estimate of drug-likeness (QED) is 0.0513. The Labute approximate surface area is 306 Å². The lowest BCUT2D eigenvalue weighted by Crippen LogP contribution is -2.64. The Morgan fingerprint density at radius 2 is 1.35 bits per heavy atom. The van der Waals surface area contributed by atoms with E-state index in [4.69, 9.17) is 16.3 Å². The number of benzene rings is 3. The van der Waals surface area contributed by atoms with Gasteiger partial charge in [0.2, 0.25) is 5.91 Å². The maximum atomic E-state index is 14.3. The summed E-state index contributed by atoms with van der Waals surface area (Å²) < 4.78 is 6.22. The summed E-state index contributed by atoms with van der Waals surface area (Å²) in [5.41, 5.74) is 1.22. The van der Waals surface area contributed by atoms with Gasteiger partial charge in [0, 0.05) is 29.6 Å². The van der Waals surface area contributed by atoms with Gasteiger partial charge in [-0.2, -0.15) is 0 Å². The van der Waals surface area contributed by atoms with E-state index in [9.17, 15) is 24.0 Å². The van der Waals surface area contributed by atoms with E-state index in [0.29, 0.717) is 23.6 Å². The fourth-order valence-corrected chi connectivity index (χ4v) is 6.32. The van der Waals surface area contributed by atoms with Crippen LogP contribution in [0.25, 0.3) is 0 Å². The SMILES string of the molecule is CCC(C)(C)c1ccc(OCCCC(=O)NCC(C)(C)C(=O)C(Cl)(C(=O)Nc2ccccc2)N2C(=O)c3ccccc3C2=O)c(C(C)(C)CC)c1. The van der Waals surface area contributed by atoms with Gasteiger partial charge in [0.25, 0.3) is 22.7 Å². The molecule has 1 aliphatic heterocycles. The smallest absolute Gasteiger partial charge is 0.274 e. The number of nitrogens with zero attached hydrogens (tertiary/aromatic N) is 1. The number of imide groups is 1. The number of amides is 4. The van der Waals surface area contributed by atoms with Gasteiger partial charge in [0.05, 0.1) is 17.7 Å². The van der Waals surface area contributed by atoms with E-state index in [-0.39, 0.29) is 40.8 Å². The van der Waals surface area contributed by atoms with Crippen LogP contribution in [-0.2, 0) is 25.2 Å². The molecule has 4 rings (SSSR count). The molecular weight excluding hydrogens is 666 g/mol. The number of rotatable bonds is 16. The van der Waals surface area contributed by atoms with Crippen LogP contribution >= 0.6 is 11.6 Å². The highest BCUT2D eigenvalue weighted by Crippen LogP contribution is 2.40. The van der Waals surface area contributed by atoms with Crippen LogP contribution in [0.4, 0.5) is 5.69 Å². The zero-order valence-corrected chi connectivity index (χ0v) is 31.7. The number of carbonyl (C=O) groups excluding carboxylic acids is 5.